The standard InChI is InChI=1S/C22H21ClN2O5S/c1-29-19-10-7-17(8-11-19)25-31(27,28)21-14-18(9-12-20(21)30-2)24-22(26)13-15-3-5-16(23)6-4-15/h3-12,14,25H,13H2,1-2H3,(H,24,26). The number of hydrogen-bond acceptors (Lipinski definition) is 5. The van der Waals surface area contributed by atoms with Crippen LogP contribution in [-0.4, -0.2) is 28.5 Å². The molecule has 3 aromatic rings. The maximum Gasteiger partial charge on any atom is 0.265 e. The molecule has 0 unspecified atom stereocenters. The Balaban J connectivity index is 1.80. The molecule has 0 spiro atoms. The number of carbonyl (C=O) groups is 1. The molecular formula is C22H21ClN2O5S. The van der Waals surface area contributed by atoms with Crippen LogP contribution in [0.3, 0.4) is 0 Å². The highest BCUT2D eigenvalue weighted by Crippen LogP contribution is 2.29. The van der Waals surface area contributed by atoms with E-state index in [9.17, 15) is 13.2 Å². The van der Waals surface area contributed by atoms with Gasteiger partial charge in [0.15, 0.2) is 0 Å². The summed E-state index contributed by atoms with van der Waals surface area (Å²) in [6, 6.07) is 17.8. The number of sulfonamides is 1. The van der Waals surface area contributed by atoms with E-state index in [1.165, 1.54) is 26.4 Å². The molecule has 1 amide bonds. The fourth-order valence-corrected chi connectivity index (χ4v) is 4.21. The summed E-state index contributed by atoms with van der Waals surface area (Å²) < 4.78 is 38.7. The lowest BCUT2D eigenvalue weighted by Crippen LogP contribution is -2.17. The van der Waals surface area contributed by atoms with Gasteiger partial charge in [-0.1, -0.05) is 23.7 Å². The molecule has 9 heteroatoms. The normalized spacial score (nSPS) is 10.9. The van der Waals surface area contributed by atoms with Crippen LogP contribution in [0.1, 0.15) is 5.56 Å². The van der Waals surface area contributed by atoms with Crippen LogP contribution in [0.2, 0.25) is 5.02 Å². The molecule has 0 bridgehead atoms. The summed E-state index contributed by atoms with van der Waals surface area (Å²) in [6.45, 7) is 0. The molecule has 162 valence electrons. The first kappa shape index (κ1) is 22.5. The Hall–Kier alpha value is -3.23. The summed E-state index contributed by atoms with van der Waals surface area (Å²) in [7, 11) is -1.08. The van der Waals surface area contributed by atoms with Gasteiger partial charge in [0.05, 0.1) is 20.6 Å². The van der Waals surface area contributed by atoms with Crippen molar-refractivity contribution in [3.05, 3.63) is 77.3 Å². The van der Waals surface area contributed by atoms with E-state index in [0.29, 0.717) is 22.1 Å². The number of anilines is 2. The smallest absolute Gasteiger partial charge is 0.265 e. The molecule has 0 aromatic heterocycles. The van der Waals surface area contributed by atoms with Gasteiger partial charge in [0.2, 0.25) is 5.91 Å². The van der Waals surface area contributed by atoms with E-state index < -0.39 is 10.0 Å². The molecule has 0 saturated carbocycles. The largest absolute Gasteiger partial charge is 0.497 e. The average molecular weight is 461 g/mol. The Morgan fingerprint density at radius 3 is 2.16 bits per heavy atom. The molecule has 0 atom stereocenters. The van der Waals surface area contributed by atoms with Crippen molar-refractivity contribution in [3.8, 4) is 11.5 Å². The highest BCUT2D eigenvalue weighted by Gasteiger charge is 2.21. The first-order chi connectivity index (χ1) is 14.8. The van der Waals surface area contributed by atoms with E-state index >= 15 is 0 Å². The second-order valence-corrected chi connectivity index (χ2v) is 8.64. The van der Waals surface area contributed by atoms with Crippen molar-refractivity contribution in [2.24, 2.45) is 0 Å². The third-order valence-corrected chi connectivity index (χ3v) is 6.01. The van der Waals surface area contributed by atoms with Gasteiger partial charge in [-0.15, -0.1) is 0 Å². The third kappa shape index (κ3) is 5.90. The summed E-state index contributed by atoms with van der Waals surface area (Å²) in [4.78, 5) is 12.3. The predicted octanol–water partition coefficient (Wildman–Crippen LogP) is 4.34. The number of halogens is 1. The molecule has 7 nitrogen and oxygen atoms in total. The van der Waals surface area contributed by atoms with Crippen molar-refractivity contribution in [1.82, 2.24) is 0 Å². The SMILES string of the molecule is COc1ccc(NS(=O)(=O)c2cc(NC(=O)Cc3ccc(Cl)cc3)ccc2OC)cc1. The minimum absolute atomic E-state index is 0.102. The highest BCUT2D eigenvalue weighted by molar-refractivity contribution is 7.92. The van der Waals surface area contributed by atoms with Crippen molar-refractivity contribution < 1.29 is 22.7 Å². The monoisotopic (exact) mass is 460 g/mol. The van der Waals surface area contributed by atoms with Gasteiger partial charge in [0.1, 0.15) is 16.4 Å². The number of amides is 1. The first-order valence-electron chi connectivity index (χ1n) is 9.20. The summed E-state index contributed by atoms with van der Waals surface area (Å²) in [5.74, 6) is 0.460. The van der Waals surface area contributed by atoms with E-state index in [1.807, 2.05) is 0 Å². The Morgan fingerprint density at radius 2 is 1.55 bits per heavy atom. The molecule has 0 aliphatic carbocycles. The molecule has 31 heavy (non-hydrogen) atoms. The molecule has 0 radical (unpaired) electrons. The molecular weight excluding hydrogens is 440 g/mol. The zero-order chi connectivity index (χ0) is 22.4. The molecule has 0 aliphatic rings. The zero-order valence-electron chi connectivity index (χ0n) is 16.9. The Labute approximate surface area is 186 Å². The molecule has 3 rings (SSSR count). The van der Waals surface area contributed by atoms with Gasteiger partial charge >= 0.3 is 0 Å². The molecule has 0 saturated heterocycles. The van der Waals surface area contributed by atoms with Gasteiger partial charge in [-0.05, 0) is 60.2 Å². The van der Waals surface area contributed by atoms with Crippen LogP contribution in [-0.2, 0) is 21.2 Å². The minimum Gasteiger partial charge on any atom is -0.497 e. The maximum absolute atomic E-state index is 12.9. The maximum atomic E-state index is 12.9. The second kappa shape index (κ2) is 9.72. The number of carbonyl (C=O) groups excluding carboxylic acids is 1. The number of methoxy groups -OCH3 is 2. The van der Waals surface area contributed by atoms with E-state index in [1.54, 1.807) is 54.6 Å². The van der Waals surface area contributed by atoms with Crippen LogP contribution in [0.25, 0.3) is 0 Å². The van der Waals surface area contributed by atoms with E-state index in [2.05, 4.69) is 10.0 Å². The van der Waals surface area contributed by atoms with Crippen molar-refractivity contribution >= 4 is 38.9 Å². The Morgan fingerprint density at radius 1 is 0.903 bits per heavy atom. The van der Waals surface area contributed by atoms with E-state index in [0.717, 1.165) is 5.56 Å². The molecule has 0 aliphatic heterocycles. The minimum atomic E-state index is -3.98. The van der Waals surface area contributed by atoms with Crippen LogP contribution in [0.4, 0.5) is 11.4 Å². The van der Waals surface area contributed by atoms with Crippen LogP contribution in [0, 0.1) is 0 Å². The Bertz CT molecular complexity index is 1160. The second-order valence-electron chi connectivity index (χ2n) is 6.55. The number of rotatable bonds is 8. The topological polar surface area (TPSA) is 93.7 Å². The van der Waals surface area contributed by atoms with Gasteiger partial charge < -0.3 is 14.8 Å². The fourth-order valence-electron chi connectivity index (χ4n) is 2.83. The van der Waals surface area contributed by atoms with Gasteiger partial charge in [0.25, 0.3) is 10.0 Å². The van der Waals surface area contributed by atoms with Crippen LogP contribution < -0.4 is 19.5 Å². The van der Waals surface area contributed by atoms with Gasteiger partial charge in [-0.25, -0.2) is 8.42 Å². The first-order valence-corrected chi connectivity index (χ1v) is 11.1. The van der Waals surface area contributed by atoms with Crippen molar-refractivity contribution in [2.45, 2.75) is 11.3 Å². The van der Waals surface area contributed by atoms with Crippen LogP contribution in [0.5, 0.6) is 11.5 Å². The van der Waals surface area contributed by atoms with E-state index in [-0.39, 0.29) is 23.0 Å². The van der Waals surface area contributed by atoms with Crippen molar-refractivity contribution in [3.63, 3.8) is 0 Å². The van der Waals surface area contributed by atoms with Crippen molar-refractivity contribution in [1.29, 1.82) is 0 Å². The lowest BCUT2D eigenvalue weighted by Gasteiger charge is -2.14. The van der Waals surface area contributed by atoms with E-state index in [4.69, 9.17) is 21.1 Å². The zero-order valence-corrected chi connectivity index (χ0v) is 18.5. The van der Waals surface area contributed by atoms with Crippen LogP contribution >= 0.6 is 11.6 Å². The van der Waals surface area contributed by atoms with Gasteiger partial charge in [0, 0.05) is 16.4 Å². The molecule has 2 N–H and O–H groups in total. The highest BCUT2D eigenvalue weighted by atomic mass is 35.5. The fraction of sp³-hybridized carbons (Fsp3) is 0.136. The Kier molecular flexibility index (Phi) is 7.04. The summed E-state index contributed by atoms with van der Waals surface area (Å²) in [5, 5.41) is 3.29. The lowest BCUT2D eigenvalue weighted by atomic mass is 10.1. The number of hydrogen-bond donors (Lipinski definition) is 2. The van der Waals surface area contributed by atoms with Crippen molar-refractivity contribution in [2.75, 3.05) is 24.3 Å². The van der Waals surface area contributed by atoms with Gasteiger partial charge in [-0.3, -0.25) is 9.52 Å². The van der Waals surface area contributed by atoms with Crippen LogP contribution in [0.15, 0.2) is 71.6 Å². The number of ether oxygens (including phenoxy) is 2. The third-order valence-electron chi connectivity index (χ3n) is 4.36. The summed E-state index contributed by atoms with van der Waals surface area (Å²) in [5.41, 5.74) is 1.47. The molecule has 0 heterocycles. The average Bonchev–Trinajstić information content (AvgIpc) is 2.75. The summed E-state index contributed by atoms with van der Waals surface area (Å²) in [6.07, 6.45) is 0.120. The molecule has 0 fully saturated rings. The number of nitrogens with one attached hydrogen (secondary N) is 2. The molecule has 3 aromatic carbocycles. The predicted molar refractivity (Wildman–Crippen MR) is 121 cm³/mol. The summed E-state index contributed by atoms with van der Waals surface area (Å²) >= 11 is 5.86. The quantitative estimate of drug-likeness (QED) is 0.521. The van der Waals surface area contributed by atoms with Gasteiger partial charge in [-0.2, -0.15) is 0 Å². The lowest BCUT2D eigenvalue weighted by molar-refractivity contribution is -0.115. The number of benzene rings is 3.